The van der Waals surface area contributed by atoms with Gasteiger partial charge in [-0.2, -0.15) is 0 Å². The van der Waals surface area contributed by atoms with Gasteiger partial charge in [0, 0.05) is 61.8 Å². The van der Waals surface area contributed by atoms with Gasteiger partial charge in [-0.15, -0.1) is 41.0 Å². The van der Waals surface area contributed by atoms with E-state index in [1.54, 1.807) is 49.6 Å². The van der Waals surface area contributed by atoms with Crippen LogP contribution in [0.15, 0.2) is 322 Å². The van der Waals surface area contributed by atoms with Crippen molar-refractivity contribution in [1.82, 2.24) is 29.9 Å². The van der Waals surface area contributed by atoms with E-state index in [1.807, 2.05) is 207 Å². The normalized spacial score (nSPS) is 12.6. The van der Waals surface area contributed by atoms with Gasteiger partial charge < -0.3 is 28.4 Å². The smallest absolute Gasteiger partial charge is 0.493 e. The molecule has 0 unspecified atom stereocenters. The zero-order chi connectivity index (χ0) is 99.4. The molecule has 139 heavy (non-hydrogen) atoms. The summed E-state index contributed by atoms with van der Waals surface area (Å²) in [6, 6.07) is 85.0. The number of rotatable bonds is 42. The molecule has 0 spiro atoms. The molecule has 0 amide bonds. The van der Waals surface area contributed by atoms with Gasteiger partial charge in [0.2, 0.25) is 0 Å². The summed E-state index contributed by atoms with van der Waals surface area (Å²) < 4.78 is 171. The van der Waals surface area contributed by atoms with Gasteiger partial charge in [-0.25, -0.2) is 74.5 Å². The molecule has 6 atom stereocenters. The van der Waals surface area contributed by atoms with E-state index in [2.05, 4.69) is 174 Å². The Kier molecular flexibility index (Phi) is 58.8. The molecule has 6 aromatic carbocycles. The SMILES string of the molecule is C[C@H](N=Cc1ccc(OCCCCCOc2ccc(C=N[C@@H](C)c3ccccc3)nc2)cn1)c1ccccc1.C[C@H](N=Cc1ccc(OCCCCCOc2ccnc(C=N[C@@H](C)c3ccccc3)c2)cn1)c1ccccc1.C[C@H](N=Cc1ccc(OCCCCCOc2ccnc(C=N[C@@H](C)c3ccccc3)c2)cn1)c1ccccc1.[O-][Cl+3]([O-])([O-])[O-].[O-][Cl+3]([O-])([O-])[O-].[O-][Cl+3]([O-])([O-])[O-].[O-][Cl+3]([O-])([O-])[O-].[Zn+2].[Zn+2]. The predicted molar refractivity (Wildman–Crippen MR) is 475 cm³/mol. The number of aromatic nitrogens is 6. The number of pyridine rings is 6. The average molecular weight is 2090 g/mol. The third kappa shape index (κ3) is 60.4. The maximum Gasteiger partial charge on any atom is 2.00 e. The maximum atomic E-state index is 8.49. The molecular weight excluding hydrogens is 1980 g/mol. The van der Waals surface area contributed by atoms with Gasteiger partial charge in [0.15, 0.2) is 0 Å². The minimum Gasteiger partial charge on any atom is -0.493 e. The molecule has 0 N–H and O–H groups in total. The molecule has 0 radical (unpaired) electrons. The van der Waals surface area contributed by atoms with Gasteiger partial charge in [0.05, 0.1) is 135 Å². The molecule has 0 fully saturated rings. The van der Waals surface area contributed by atoms with E-state index in [9.17, 15) is 0 Å². The molecule has 6 aromatic heterocycles. The molecule has 0 saturated heterocycles. The van der Waals surface area contributed by atoms with Crippen LogP contribution in [0.3, 0.4) is 0 Å². The molecule has 0 saturated carbocycles. The zero-order valence-corrected chi connectivity index (χ0v) is 86.5. The third-order valence-corrected chi connectivity index (χ3v) is 18.8. The van der Waals surface area contributed by atoms with Crippen LogP contribution in [0, 0.1) is 41.0 Å². The van der Waals surface area contributed by atoms with Gasteiger partial charge in [0.25, 0.3) is 0 Å². The number of benzene rings is 6. The quantitative estimate of drug-likeness (QED) is 0.0300. The minimum absolute atomic E-state index is 0. The number of unbranched alkanes of at least 4 members (excludes halogenated alkanes) is 6. The summed E-state index contributed by atoms with van der Waals surface area (Å²) in [6.07, 6.45) is 30.1. The molecular formula is C99H108Cl4N12O22Zn2. The Bertz CT molecular complexity index is 5040. The molecule has 34 nitrogen and oxygen atoms in total. The Morgan fingerprint density at radius 2 is 0.381 bits per heavy atom. The Morgan fingerprint density at radius 1 is 0.216 bits per heavy atom. The van der Waals surface area contributed by atoms with E-state index in [1.165, 1.54) is 33.4 Å². The molecule has 12 rings (SSSR count). The minimum atomic E-state index is -4.94. The van der Waals surface area contributed by atoms with Gasteiger partial charge >= 0.3 is 39.0 Å². The molecule has 40 heteroatoms. The Labute approximate surface area is 843 Å². The number of aliphatic imine (C=N–C) groups is 6. The second kappa shape index (κ2) is 68.0. The molecule has 0 aliphatic carbocycles. The monoisotopic (exact) mass is 2080 g/mol. The van der Waals surface area contributed by atoms with Crippen molar-refractivity contribution in [2.45, 2.75) is 136 Å². The van der Waals surface area contributed by atoms with Gasteiger partial charge in [0.1, 0.15) is 34.5 Å². The first-order valence-corrected chi connectivity index (χ1v) is 47.9. The summed E-state index contributed by atoms with van der Waals surface area (Å²) >= 11 is 0. The van der Waals surface area contributed by atoms with Crippen molar-refractivity contribution in [2.75, 3.05) is 39.6 Å². The van der Waals surface area contributed by atoms with Crippen molar-refractivity contribution in [2.24, 2.45) is 30.0 Å². The number of halogens is 4. The van der Waals surface area contributed by atoms with Gasteiger partial charge in [-0.3, -0.25) is 59.9 Å². The van der Waals surface area contributed by atoms with Crippen LogP contribution in [-0.4, -0.2) is 107 Å². The van der Waals surface area contributed by atoms with Crippen LogP contribution in [0.5, 0.6) is 34.5 Å². The fourth-order valence-electron chi connectivity index (χ4n) is 11.7. The standard InChI is InChI=1S/3C33H36N4O2.4ClHO4.2Zn/c1-26(28-12-6-3-7-13-28)34-22-30-16-18-32(24-36-30)38-20-10-5-11-21-39-33-19-17-31(37-25-33)23-35-27(2)29-14-8-4-9-15-29;2*1-26(28-12-6-3-7-13-28)35-23-30-16-17-33(25-37-30)39-21-11-5-10-20-38-32-18-19-34-31(22-32)24-36-27(2)29-14-8-4-9-15-29;4*2-1(3,4)5;;/h3*3-4,6-9,12-19,22-27H,5,10-11,20-21H2,1-2H3;4*(H,2,3,4,5);;/q;;;;;;;2*+2/p-4/t3*26-,27-;;;;;;/m000....../s1. The predicted octanol–water partition coefficient (Wildman–Crippen LogP) is 3.37. The maximum absolute atomic E-state index is 8.49. The molecule has 0 aliphatic heterocycles. The second-order valence-corrected chi connectivity index (χ2v) is 32.5. The van der Waals surface area contributed by atoms with Gasteiger partial charge in [-0.1, -0.05) is 182 Å². The van der Waals surface area contributed by atoms with Crippen LogP contribution < -0.4 is 103 Å². The van der Waals surface area contributed by atoms with Crippen molar-refractivity contribution in [1.29, 1.82) is 0 Å². The topological polar surface area (TPSA) is 576 Å². The first-order valence-electron chi connectivity index (χ1n) is 43.0. The van der Waals surface area contributed by atoms with Crippen LogP contribution in [0.4, 0.5) is 0 Å². The summed E-state index contributed by atoms with van der Waals surface area (Å²) in [7, 11) is -19.8. The van der Waals surface area contributed by atoms with Crippen LogP contribution in [0.25, 0.3) is 0 Å². The summed E-state index contributed by atoms with van der Waals surface area (Å²) in [5.74, 6) is 4.70. The van der Waals surface area contributed by atoms with E-state index >= 15 is 0 Å². The van der Waals surface area contributed by atoms with Crippen LogP contribution >= 0.6 is 0 Å². The largest absolute Gasteiger partial charge is 2.00 e. The third-order valence-electron chi connectivity index (χ3n) is 18.8. The Balaban J connectivity index is 0.000000392. The van der Waals surface area contributed by atoms with Crippen molar-refractivity contribution in [3.63, 3.8) is 0 Å². The molecule has 12 aromatic rings. The van der Waals surface area contributed by atoms with E-state index in [4.69, 9.17) is 103 Å². The summed E-state index contributed by atoms with van der Waals surface area (Å²) in [6.45, 7) is 16.3. The second-order valence-electron chi connectivity index (χ2n) is 29.5. The number of hydrogen-bond donors (Lipinski definition) is 0. The molecule has 728 valence electrons. The zero-order valence-electron chi connectivity index (χ0n) is 77.5. The first kappa shape index (κ1) is 120. The first-order chi connectivity index (χ1) is 65.5. The molecule has 6 heterocycles. The van der Waals surface area contributed by atoms with Crippen molar-refractivity contribution in [3.8, 4) is 34.5 Å². The fraction of sp³-hybridized carbons (Fsp3) is 0.273. The average Bonchev–Trinajstić information content (AvgIpc) is 0.878. The summed E-state index contributed by atoms with van der Waals surface area (Å²) in [5, 5.41) is 0. The van der Waals surface area contributed by atoms with Crippen LogP contribution in [0.1, 0.15) is 203 Å². The van der Waals surface area contributed by atoms with E-state index in [0.717, 1.165) is 126 Å². The summed E-state index contributed by atoms with van der Waals surface area (Å²) in [5.41, 5.74) is 11.9. The number of nitrogens with zero attached hydrogens (tertiary/aromatic N) is 12. The van der Waals surface area contributed by atoms with E-state index < -0.39 is 41.0 Å². The van der Waals surface area contributed by atoms with Gasteiger partial charge in [-0.05, 0) is 193 Å². The van der Waals surface area contributed by atoms with Crippen molar-refractivity contribution < 1.29 is 183 Å². The van der Waals surface area contributed by atoms with E-state index in [0.29, 0.717) is 39.6 Å². The fourth-order valence-corrected chi connectivity index (χ4v) is 11.7. The van der Waals surface area contributed by atoms with E-state index in [-0.39, 0.29) is 75.2 Å². The Hall–Kier alpha value is -11.2. The van der Waals surface area contributed by atoms with Crippen LogP contribution in [0.2, 0.25) is 0 Å². The van der Waals surface area contributed by atoms with Crippen LogP contribution in [-0.2, 0) is 39.0 Å². The molecule has 0 bridgehead atoms. The van der Waals surface area contributed by atoms with Crippen molar-refractivity contribution in [3.05, 3.63) is 360 Å². The summed E-state index contributed by atoms with van der Waals surface area (Å²) in [4.78, 5) is 54.2. The Morgan fingerprint density at radius 3 is 0.547 bits per heavy atom. The number of ether oxygens (including phenoxy) is 6. The molecule has 0 aliphatic rings. The van der Waals surface area contributed by atoms with Crippen molar-refractivity contribution >= 4 is 37.3 Å². The number of hydrogen-bond acceptors (Lipinski definition) is 34.